The van der Waals surface area contributed by atoms with Gasteiger partial charge in [0.05, 0.1) is 7.39 Å². The summed E-state index contributed by atoms with van der Waals surface area (Å²) < 4.78 is 59.5. The second kappa shape index (κ2) is 4.21. The highest BCUT2D eigenvalue weighted by molar-refractivity contribution is 5.86. The minimum absolute atomic E-state index is 0.0758. The first-order valence-corrected chi connectivity index (χ1v) is 4.49. The number of hydrogen-bond acceptors (Lipinski definition) is 3. The maximum atomic E-state index is 12.2. The van der Waals surface area contributed by atoms with Gasteiger partial charge in [-0.15, -0.1) is 0 Å². The Labute approximate surface area is 100 Å². The van der Waals surface area contributed by atoms with Crippen molar-refractivity contribution in [2.75, 3.05) is 6.50 Å². The fourth-order valence-electron chi connectivity index (χ4n) is 0.945. The molecule has 1 saturated heterocycles. The highest BCUT2D eigenvalue weighted by Crippen LogP contribution is 2.21. The van der Waals surface area contributed by atoms with E-state index in [9.17, 15) is 9.59 Å². The average Bonchev–Trinajstić information content (AvgIpc) is 2.31. The van der Waals surface area contributed by atoms with Crippen LogP contribution in [0.25, 0.3) is 0 Å². The van der Waals surface area contributed by atoms with Crippen LogP contribution < -0.4 is 0 Å². The van der Waals surface area contributed by atoms with Crippen LogP contribution in [-0.4, -0.2) is 34.9 Å². The van der Waals surface area contributed by atoms with Crippen molar-refractivity contribution in [3.05, 3.63) is 0 Å². The summed E-state index contributed by atoms with van der Waals surface area (Å²) >= 11 is 0. The van der Waals surface area contributed by atoms with E-state index in [0.29, 0.717) is 0 Å². The van der Waals surface area contributed by atoms with Crippen LogP contribution in [-0.2, 0) is 9.53 Å². The fraction of sp³-hybridized carbons (Fsp3) is 0.818. The van der Waals surface area contributed by atoms with Gasteiger partial charge in [-0.3, -0.25) is 9.69 Å². The normalized spacial score (nSPS) is 43.5. The maximum absolute atomic E-state index is 12.2. The lowest BCUT2D eigenvalue weighted by molar-refractivity contribution is -0.121. The zero-order chi connectivity index (χ0) is 17.9. The van der Waals surface area contributed by atoms with E-state index >= 15 is 0 Å². The Morgan fingerprint density at radius 1 is 1.53 bits per heavy atom. The molecule has 1 heterocycles. The summed E-state index contributed by atoms with van der Waals surface area (Å²) in [6, 6.07) is -3.08. The second-order valence-corrected chi connectivity index (χ2v) is 4.08. The molecule has 1 rings (SSSR count). The zero-order valence-electron chi connectivity index (χ0n) is 16.2. The van der Waals surface area contributed by atoms with E-state index in [1.165, 1.54) is 20.8 Å². The molecule has 86 valence electrons. The minimum Gasteiger partial charge on any atom is -0.444 e. The van der Waals surface area contributed by atoms with Crippen molar-refractivity contribution in [3.8, 4) is 0 Å². The zero-order valence-corrected chi connectivity index (χ0v) is 9.17. The number of ether oxygens (including phenoxy) is 1. The monoisotopic (exact) mass is 220 g/mol. The molecule has 0 radical (unpaired) electrons. The quantitative estimate of drug-likeness (QED) is 0.678. The molecular formula is C11H19NO3. The Morgan fingerprint density at radius 2 is 2.13 bits per heavy atom. The molecule has 0 unspecified atom stereocenters. The summed E-state index contributed by atoms with van der Waals surface area (Å²) in [6.07, 6.45) is -8.02. The van der Waals surface area contributed by atoms with E-state index in [1.54, 1.807) is 0 Å². The van der Waals surface area contributed by atoms with E-state index in [4.69, 9.17) is 14.3 Å². The lowest BCUT2D eigenvalue weighted by Gasteiger charge is -2.27. The van der Waals surface area contributed by atoms with Gasteiger partial charge in [0, 0.05) is 14.7 Å². The Kier molecular flexibility index (Phi) is 1.49. The first-order valence-electron chi connectivity index (χ1n) is 7.99. The molecule has 0 spiro atoms. The molecule has 0 aromatic heterocycles. The number of carbonyl (C=O) groups excluding carboxylic acids is 2. The van der Waals surface area contributed by atoms with Crippen molar-refractivity contribution in [2.24, 2.45) is 0 Å². The molecule has 4 heteroatoms. The summed E-state index contributed by atoms with van der Waals surface area (Å²) in [5.74, 6) is -1.20. The smallest absolute Gasteiger partial charge is 0.410 e. The van der Waals surface area contributed by atoms with Crippen LogP contribution in [0.2, 0.25) is 0 Å². The summed E-state index contributed by atoms with van der Waals surface area (Å²) in [7, 11) is 0. The van der Waals surface area contributed by atoms with Crippen molar-refractivity contribution in [1.29, 1.82) is 0 Å². The van der Waals surface area contributed by atoms with E-state index < -0.39 is 42.7 Å². The molecule has 0 N–H and O–H groups in total. The van der Waals surface area contributed by atoms with E-state index in [0.717, 1.165) is 6.92 Å². The predicted molar refractivity (Wildman–Crippen MR) is 56.6 cm³/mol. The number of nitrogens with zero attached hydrogens (tertiary/aromatic N) is 1. The van der Waals surface area contributed by atoms with Crippen molar-refractivity contribution in [1.82, 2.24) is 4.90 Å². The SMILES string of the molecule is [2H]C1([2H])N(C(=O)OC(C)(C)C)[C@]([2H])(C(C)=O)C([2H])([2H])C1([2H])[2H]. The van der Waals surface area contributed by atoms with E-state index in [1.807, 2.05) is 0 Å². The van der Waals surface area contributed by atoms with Crippen molar-refractivity contribution >= 4 is 11.9 Å². The number of hydrogen-bond donors (Lipinski definition) is 0. The van der Waals surface area contributed by atoms with Crippen molar-refractivity contribution in [2.45, 2.75) is 52.1 Å². The Morgan fingerprint density at radius 3 is 2.60 bits per heavy atom. The summed E-state index contributed by atoms with van der Waals surface area (Å²) in [5.41, 5.74) is -1.09. The lowest BCUT2D eigenvalue weighted by atomic mass is 10.1. The number of likely N-dealkylation sites (tertiary alicyclic amines) is 1. The van der Waals surface area contributed by atoms with Gasteiger partial charge in [0.2, 0.25) is 0 Å². The third-order valence-electron chi connectivity index (χ3n) is 1.48. The minimum atomic E-state index is -3.29. The van der Waals surface area contributed by atoms with Gasteiger partial charge in [-0.2, -0.15) is 0 Å². The van der Waals surface area contributed by atoms with Crippen molar-refractivity contribution < 1.29 is 23.9 Å². The number of Topliss-reactive ketones (excluding diaryl/α,β-unsaturated/α-hetero) is 1. The molecule has 1 aliphatic rings. The van der Waals surface area contributed by atoms with Crippen LogP contribution in [0.4, 0.5) is 4.79 Å². The largest absolute Gasteiger partial charge is 0.444 e. The Balaban J connectivity index is 3.58. The molecular weight excluding hydrogens is 194 g/mol. The van der Waals surface area contributed by atoms with Gasteiger partial charge in [-0.1, -0.05) is 0 Å². The average molecular weight is 220 g/mol. The van der Waals surface area contributed by atoms with Crippen LogP contribution in [0.1, 0.15) is 50.0 Å². The topological polar surface area (TPSA) is 46.6 Å². The van der Waals surface area contributed by atoms with Gasteiger partial charge in [0.25, 0.3) is 0 Å². The Hall–Kier alpha value is -1.06. The molecule has 1 aliphatic heterocycles. The molecule has 0 bridgehead atoms. The van der Waals surface area contributed by atoms with Gasteiger partial charge < -0.3 is 4.74 Å². The van der Waals surface area contributed by atoms with E-state index in [-0.39, 0.29) is 4.90 Å². The Bertz CT molecular complexity index is 514. The molecule has 0 saturated carbocycles. The predicted octanol–water partition coefficient (Wildman–Crippen LogP) is 1.97. The summed E-state index contributed by atoms with van der Waals surface area (Å²) in [6.45, 7) is 1.98. The second-order valence-electron chi connectivity index (χ2n) is 4.08. The molecule has 1 amide bonds. The van der Waals surface area contributed by atoms with Gasteiger partial charge in [0.15, 0.2) is 5.78 Å². The number of carbonyl (C=O) groups is 2. The fourth-order valence-corrected chi connectivity index (χ4v) is 0.945. The van der Waals surface area contributed by atoms with E-state index in [2.05, 4.69) is 0 Å². The number of rotatable bonds is 1. The standard InChI is InChI=1S/C11H19NO3/c1-8(13)9-6-5-7-12(9)10(14)15-11(2,3)4/h9H,5-7H2,1-4H3/t9-/m0/s1/i5D2,6D2,7D2,9D. The van der Waals surface area contributed by atoms with Crippen molar-refractivity contribution in [3.63, 3.8) is 0 Å². The molecule has 0 aliphatic carbocycles. The van der Waals surface area contributed by atoms with Gasteiger partial charge in [0.1, 0.15) is 5.60 Å². The van der Waals surface area contributed by atoms with Gasteiger partial charge in [-0.05, 0) is 40.4 Å². The van der Waals surface area contributed by atoms with Crippen LogP contribution in [0.3, 0.4) is 0 Å². The first kappa shape index (κ1) is 5.32. The van der Waals surface area contributed by atoms with Crippen LogP contribution in [0.5, 0.6) is 0 Å². The molecule has 0 aromatic carbocycles. The lowest BCUT2D eigenvalue weighted by Crippen LogP contribution is -2.42. The van der Waals surface area contributed by atoms with Gasteiger partial charge in [-0.25, -0.2) is 4.79 Å². The first-order chi connectivity index (χ1) is 9.44. The third-order valence-corrected chi connectivity index (χ3v) is 1.48. The highest BCUT2D eigenvalue weighted by Gasteiger charge is 2.34. The molecule has 1 fully saturated rings. The highest BCUT2D eigenvalue weighted by atomic mass is 16.6. The van der Waals surface area contributed by atoms with Crippen LogP contribution in [0, 0.1) is 0 Å². The molecule has 1 atom stereocenters. The van der Waals surface area contributed by atoms with Gasteiger partial charge >= 0.3 is 6.09 Å². The van der Waals surface area contributed by atoms with Crippen LogP contribution in [0.15, 0.2) is 0 Å². The summed E-state index contributed by atoms with van der Waals surface area (Å²) in [4.78, 5) is 24.0. The number of ketones is 1. The van der Waals surface area contributed by atoms with Crippen LogP contribution >= 0.6 is 0 Å². The number of amides is 1. The molecule has 4 nitrogen and oxygen atoms in total. The third kappa shape index (κ3) is 3.22. The summed E-state index contributed by atoms with van der Waals surface area (Å²) in [5, 5.41) is 0. The molecule has 15 heavy (non-hydrogen) atoms. The molecule has 0 aromatic rings. The maximum Gasteiger partial charge on any atom is 0.410 e.